The number of hydrogen-bond acceptors (Lipinski definition) is 0. The van der Waals surface area contributed by atoms with Gasteiger partial charge >= 0.3 is 0 Å². The van der Waals surface area contributed by atoms with E-state index in [0.29, 0.717) is 0 Å². The van der Waals surface area contributed by atoms with Crippen molar-refractivity contribution in [3.8, 4) is 0 Å². The molecule has 0 heterocycles. The lowest BCUT2D eigenvalue weighted by molar-refractivity contribution is 1.19. The van der Waals surface area contributed by atoms with Crippen LogP contribution in [-0.4, -0.2) is 0 Å². The van der Waals surface area contributed by atoms with Crippen LogP contribution in [0.5, 0.6) is 0 Å². The van der Waals surface area contributed by atoms with Gasteiger partial charge in [0.05, 0.1) is 5.03 Å². The molecule has 11 heavy (non-hydrogen) atoms. The van der Waals surface area contributed by atoms with Crippen molar-refractivity contribution in [3.05, 3.63) is 40.1 Å². The summed E-state index contributed by atoms with van der Waals surface area (Å²) in [7, 11) is 0. The van der Waals surface area contributed by atoms with Gasteiger partial charge in [-0.1, -0.05) is 23.3 Å². The summed E-state index contributed by atoms with van der Waals surface area (Å²) in [4.78, 5) is 0. The fourth-order valence-electron chi connectivity index (χ4n) is 0.963. The van der Waals surface area contributed by atoms with Crippen molar-refractivity contribution in [2.45, 2.75) is 20.3 Å². The summed E-state index contributed by atoms with van der Waals surface area (Å²) in [5, 5.41) is 0.778. The molecular formula is C10H11Cl. The molecule has 58 valence electrons. The van der Waals surface area contributed by atoms with Crippen LogP contribution < -0.4 is 0 Å². The lowest BCUT2D eigenvalue weighted by Gasteiger charge is -2.00. The highest BCUT2D eigenvalue weighted by molar-refractivity contribution is 6.31. The third kappa shape index (κ3) is 2.42. The summed E-state index contributed by atoms with van der Waals surface area (Å²) < 4.78 is 0. The molecule has 1 rings (SSSR count). The standard InChI is InChI=1S/C10H11Cl/c1-8-5-3-4-6-10(11)9(2)7-8/h3,6-7H,5H2,1-2H3/b8-7-,10-9+. The van der Waals surface area contributed by atoms with Gasteiger partial charge in [0.25, 0.3) is 0 Å². The van der Waals surface area contributed by atoms with Crippen molar-refractivity contribution in [1.82, 2.24) is 0 Å². The van der Waals surface area contributed by atoms with Crippen LogP contribution in [0.1, 0.15) is 20.3 Å². The van der Waals surface area contributed by atoms with Gasteiger partial charge in [0, 0.05) is 0 Å². The van der Waals surface area contributed by atoms with E-state index in [1.165, 1.54) is 5.57 Å². The van der Waals surface area contributed by atoms with Crippen molar-refractivity contribution >= 4 is 11.6 Å². The summed E-state index contributed by atoms with van der Waals surface area (Å²) in [6.45, 7) is 4.10. The maximum atomic E-state index is 5.91. The van der Waals surface area contributed by atoms with E-state index in [2.05, 4.69) is 18.7 Å². The van der Waals surface area contributed by atoms with E-state index < -0.39 is 0 Å². The smallest absolute Gasteiger partial charge is 0.0512 e. The summed E-state index contributed by atoms with van der Waals surface area (Å²) in [6.07, 6.45) is 6.87. The molecule has 0 N–H and O–H groups in total. The van der Waals surface area contributed by atoms with Gasteiger partial charge in [-0.15, -0.1) is 5.73 Å². The van der Waals surface area contributed by atoms with Crippen LogP contribution in [0.15, 0.2) is 40.1 Å². The van der Waals surface area contributed by atoms with Crippen LogP contribution in [0, 0.1) is 0 Å². The average Bonchev–Trinajstić information content (AvgIpc) is 1.95. The summed E-state index contributed by atoms with van der Waals surface area (Å²) in [5.74, 6) is 0. The third-order valence-electron chi connectivity index (χ3n) is 1.59. The van der Waals surface area contributed by atoms with E-state index in [9.17, 15) is 0 Å². The van der Waals surface area contributed by atoms with Gasteiger partial charge in [-0.25, -0.2) is 0 Å². The number of rotatable bonds is 0. The van der Waals surface area contributed by atoms with E-state index in [0.717, 1.165) is 17.0 Å². The molecule has 1 heteroatoms. The van der Waals surface area contributed by atoms with Crippen LogP contribution in [0.25, 0.3) is 0 Å². The average molecular weight is 167 g/mol. The van der Waals surface area contributed by atoms with Crippen LogP contribution in [0.4, 0.5) is 0 Å². The van der Waals surface area contributed by atoms with Gasteiger partial charge < -0.3 is 0 Å². The Morgan fingerprint density at radius 3 is 2.91 bits per heavy atom. The van der Waals surface area contributed by atoms with E-state index in [-0.39, 0.29) is 0 Å². The minimum atomic E-state index is 0.778. The lowest BCUT2D eigenvalue weighted by atomic mass is 10.1. The minimum absolute atomic E-state index is 0.778. The molecule has 0 aromatic heterocycles. The van der Waals surface area contributed by atoms with Gasteiger partial charge in [-0.2, -0.15) is 0 Å². The Kier molecular flexibility index (Phi) is 2.76. The zero-order valence-corrected chi connectivity index (χ0v) is 7.57. The molecule has 0 unspecified atom stereocenters. The number of halogens is 1. The summed E-state index contributed by atoms with van der Waals surface area (Å²) in [5.41, 5.74) is 5.45. The minimum Gasteiger partial charge on any atom is -0.123 e. The first kappa shape index (κ1) is 8.39. The monoisotopic (exact) mass is 166 g/mol. The van der Waals surface area contributed by atoms with E-state index in [1.807, 2.05) is 13.0 Å². The predicted octanol–water partition coefficient (Wildman–Crippen LogP) is 3.56. The van der Waals surface area contributed by atoms with E-state index >= 15 is 0 Å². The fourth-order valence-corrected chi connectivity index (χ4v) is 1.08. The molecule has 0 aliphatic heterocycles. The molecule has 0 nitrogen and oxygen atoms in total. The van der Waals surface area contributed by atoms with Gasteiger partial charge in [0.2, 0.25) is 0 Å². The summed E-state index contributed by atoms with van der Waals surface area (Å²) in [6, 6.07) is 0. The molecule has 0 saturated heterocycles. The number of allylic oxidation sites excluding steroid dienone is 5. The Morgan fingerprint density at radius 2 is 2.18 bits per heavy atom. The highest BCUT2D eigenvalue weighted by Crippen LogP contribution is 2.16. The zero-order chi connectivity index (χ0) is 8.27. The first-order valence-corrected chi connectivity index (χ1v) is 4.02. The Labute approximate surface area is 72.6 Å². The van der Waals surface area contributed by atoms with Crippen molar-refractivity contribution in [3.63, 3.8) is 0 Å². The molecule has 0 spiro atoms. The van der Waals surface area contributed by atoms with Crippen molar-refractivity contribution in [2.75, 3.05) is 0 Å². The van der Waals surface area contributed by atoms with Crippen LogP contribution in [0.3, 0.4) is 0 Å². The Balaban J connectivity index is 3.06. The van der Waals surface area contributed by atoms with Crippen molar-refractivity contribution in [2.24, 2.45) is 0 Å². The Hall–Kier alpha value is -0.710. The second kappa shape index (κ2) is 3.61. The Morgan fingerprint density at radius 1 is 1.45 bits per heavy atom. The highest BCUT2D eigenvalue weighted by atomic mass is 35.5. The number of hydrogen-bond donors (Lipinski definition) is 0. The highest BCUT2D eigenvalue weighted by Gasteiger charge is 1.95. The molecule has 0 amide bonds. The maximum Gasteiger partial charge on any atom is 0.0512 e. The molecule has 0 bridgehead atoms. The normalized spacial score (nSPS) is 29.2. The van der Waals surface area contributed by atoms with Gasteiger partial charge in [-0.05, 0) is 38.0 Å². The Bertz CT molecular complexity index is 273. The fraction of sp³-hybridized carbons (Fsp3) is 0.300. The van der Waals surface area contributed by atoms with Crippen LogP contribution in [-0.2, 0) is 0 Å². The quantitative estimate of drug-likeness (QED) is 0.483. The molecule has 0 radical (unpaired) electrons. The second-order valence-electron chi connectivity index (χ2n) is 2.74. The maximum absolute atomic E-state index is 5.91. The molecule has 1 aliphatic rings. The topological polar surface area (TPSA) is 0 Å². The first-order chi connectivity index (χ1) is 5.20. The molecule has 1 aliphatic carbocycles. The summed E-state index contributed by atoms with van der Waals surface area (Å²) >= 11 is 5.91. The zero-order valence-electron chi connectivity index (χ0n) is 6.82. The molecular weight excluding hydrogens is 156 g/mol. The van der Waals surface area contributed by atoms with Crippen LogP contribution in [0.2, 0.25) is 0 Å². The second-order valence-corrected chi connectivity index (χ2v) is 3.15. The van der Waals surface area contributed by atoms with Gasteiger partial charge in [-0.3, -0.25) is 0 Å². The molecule has 0 saturated carbocycles. The van der Waals surface area contributed by atoms with Crippen molar-refractivity contribution < 1.29 is 0 Å². The van der Waals surface area contributed by atoms with Gasteiger partial charge in [0.15, 0.2) is 0 Å². The lowest BCUT2D eigenvalue weighted by Crippen LogP contribution is -1.80. The molecule has 0 aromatic carbocycles. The SMILES string of the molecule is C/C1=C/C(C)=C(/Cl)C=C=CC1. The van der Waals surface area contributed by atoms with Gasteiger partial charge in [0.1, 0.15) is 0 Å². The van der Waals surface area contributed by atoms with Crippen LogP contribution >= 0.6 is 11.6 Å². The van der Waals surface area contributed by atoms with E-state index in [4.69, 9.17) is 11.6 Å². The first-order valence-electron chi connectivity index (χ1n) is 3.64. The molecule has 0 fully saturated rings. The van der Waals surface area contributed by atoms with E-state index in [1.54, 1.807) is 6.08 Å². The van der Waals surface area contributed by atoms with Crippen molar-refractivity contribution in [1.29, 1.82) is 0 Å². The predicted molar refractivity (Wildman–Crippen MR) is 49.6 cm³/mol. The molecule has 0 atom stereocenters. The third-order valence-corrected chi connectivity index (χ3v) is 2.00. The molecule has 0 aromatic rings. The largest absolute Gasteiger partial charge is 0.123 e.